The van der Waals surface area contributed by atoms with Crippen LogP contribution in [0.3, 0.4) is 0 Å². The molecule has 3 rings (SSSR count). The lowest BCUT2D eigenvalue weighted by atomic mass is 10.1. The molecule has 7 nitrogen and oxygen atoms in total. The second-order valence-corrected chi connectivity index (χ2v) is 5.71. The van der Waals surface area contributed by atoms with Crippen molar-refractivity contribution in [3.63, 3.8) is 0 Å². The maximum atomic E-state index is 12.0. The third-order valence-electron chi connectivity index (χ3n) is 3.88. The van der Waals surface area contributed by atoms with Crippen LogP contribution in [0.4, 0.5) is 5.69 Å². The van der Waals surface area contributed by atoms with Gasteiger partial charge in [-0.05, 0) is 29.8 Å². The van der Waals surface area contributed by atoms with Crippen LogP contribution in [-0.4, -0.2) is 15.4 Å². The van der Waals surface area contributed by atoms with Crippen molar-refractivity contribution in [2.24, 2.45) is 0 Å². The van der Waals surface area contributed by atoms with Crippen molar-refractivity contribution in [2.75, 3.05) is 0 Å². The SMILES string of the molecule is O=C(Cc1ccccc1)NNCc1cccn1-c1ccc([N+](=O)[O-])cc1. The van der Waals surface area contributed by atoms with E-state index in [9.17, 15) is 14.9 Å². The van der Waals surface area contributed by atoms with Crippen LogP contribution >= 0.6 is 0 Å². The van der Waals surface area contributed by atoms with Gasteiger partial charge in [-0.1, -0.05) is 30.3 Å². The Labute approximate surface area is 150 Å². The number of rotatable bonds is 7. The number of nitrogens with zero attached hydrogens (tertiary/aromatic N) is 2. The molecule has 2 N–H and O–H groups in total. The first kappa shape index (κ1) is 17.4. The molecule has 3 aromatic rings. The van der Waals surface area contributed by atoms with Crippen molar-refractivity contribution in [1.82, 2.24) is 15.4 Å². The molecule has 0 saturated carbocycles. The molecule has 2 aromatic carbocycles. The van der Waals surface area contributed by atoms with Crippen molar-refractivity contribution in [3.8, 4) is 5.69 Å². The summed E-state index contributed by atoms with van der Waals surface area (Å²) in [5.41, 5.74) is 8.32. The van der Waals surface area contributed by atoms with E-state index in [0.717, 1.165) is 16.9 Å². The van der Waals surface area contributed by atoms with Crippen molar-refractivity contribution in [2.45, 2.75) is 13.0 Å². The predicted molar refractivity (Wildman–Crippen MR) is 97.6 cm³/mol. The summed E-state index contributed by atoms with van der Waals surface area (Å²) < 4.78 is 1.90. The quantitative estimate of drug-likeness (QED) is 0.506. The molecule has 1 amide bonds. The van der Waals surface area contributed by atoms with Crippen LogP contribution in [0.25, 0.3) is 5.69 Å². The number of hydrogen-bond acceptors (Lipinski definition) is 4. The number of aromatic nitrogens is 1. The number of nitro groups is 1. The van der Waals surface area contributed by atoms with Gasteiger partial charge in [0.15, 0.2) is 0 Å². The highest BCUT2D eigenvalue weighted by molar-refractivity contribution is 5.78. The van der Waals surface area contributed by atoms with Crippen molar-refractivity contribution in [3.05, 3.63) is 94.3 Å². The lowest BCUT2D eigenvalue weighted by Gasteiger charge is -2.11. The Morgan fingerprint density at radius 2 is 1.73 bits per heavy atom. The lowest BCUT2D eigenvalue weighted by Crippen LogP contribution is -2.38. The van der Waals surface area contributed by atoms with E-state index in [4.69, 9.17) is 0 Å². The molecule has 26 heavy (non-hydrogen) atoms. The van der Waals surface area contributed by atoms with Crippen LogP contribution < -0.4 is 10.9 Å². The number of nitrogens with one attached hydrogen (secondary N) is 2. The van der Waals surface area contributed by atoms with Gasteiger partial charge in [-0.15, -0.1) is 0 Å². The molecule has 0 saturated heterocycles. The molecule has 0 spiro atoms. The third kappa shape index (κ3) is 4.34. The Morgan fingerprint density at radius 1 is 1.00 bits per heavy atom. The summed E-state index contributed by atoms with van der Waals surface area (Å²) in [6, 6.07) is 19.6. The molecule has 0 aliphatic heterocycles. The first-order valence-corrected chi connectivity index (χ1v) is 8.10. The zero-order chi connectivity index (χ0) is 18.4. The maximum Gasteiger partial charge on any atom is 0.269 e. The number of benzene rings is 2. The van der Waals surface area contributed by atoms with Crippen molar-refractivity contribution < 1.29 is 9.72 Å². The summed E-state index contributed by atoms with van der Waals surface area (Å²) in [7, 11) is 0. The van der Waals surface area contributed by atoms with Gasteiger partial charge >= 0.3 is 0 Å². The number of nitro benzene ring substituents is 1. The first-order chi connectivity index (χ1) is 12.6. The van der Waals surface area contributed by atoms with E-state index in [2.05, 4.69) is 10.9 Å². The van der Waals surface area contributed by atoms with Crippen LogP contribution in [0, 0.1) is 10.1 Å². The van der Waals surface area contributed by atoms with Crippen molar-refractivity contribution in [1.29, 1.82) is 0 Å². The summed E-state index contributed by atoms with van der Waals surface area (Å²) in [6.07, 6.45) is 2.17. The monoisotopic (exact) mass is 350 g/mol. The van der Waals surface area contributed by atoms with Crippen LogP contribution in [0.15, 0.2) is 72.9 Å². The number of non-ortho nitro benzene ring substituents is 1. The van der Waals surface area contributed by atoms with E-state index in [1.165, 1.54) is 12.1 Å². The zero-order valence-corrected chi connectivity index (χ0v) is 14.0. The van der Waals surface area contributed by atoms with E-state index >= 15 is 0 Å². The minimum Gasteiger partial charge on any atom is -0.320 e. The van der Waals surface area contributed by atoms with E-state index in [1.54, 1.807) is 12.1 Å². The van der Waals surface area contributed by atoms with E-state index < -0.39 is 4.92 Å². The van der Waals surface area contributed by atoms with Gasteiger partial charge in [0.25, 0.3) is 5.69 Å². The van der Waals surface area contributed by atoms with Gasteiger partial charge in [-0.25, -0.2) is 5.43 Å². The fourth-order valence-corrected chi connectivity index (χ4v) is 2.61. The molecule has 0 bridgehead atoms. The number of carbonyl (C=O) groups excluding carboxylic acids is 1. The third-order valence-corrected chi connectivity index (χ3v) is 3.88. The van der Waals surface area contributed by atoms with Gasteiger partial charge in [0.1, 0.15) is 0 Å². The molecule has 0 unspecified atom stereocenters. The average molecular weight is 350 g/mol. The lowest BCUT2D eigenvalue weighted by molar-refractivity contribution is -0.384. The Hall–Kier alpha value is -3.45. The van der Waals surface area contributed by atoms with Gasteiger partial charge in [-0.2, -0.15) is 0 Å². The van der Waals surface area contributed by atoms with E-state index in [0.29, 0.717) is 13.0 Å². The van der Waals surface area contributed by atoms with Crippen LogP contribution in [-0.2, 0) is 17.8 Å². The molecule has 0 radical (unpaired) electrons. The number of hydrogen-bond donors (Lipinski definition) is 2. The largest absolute Gasteiger partial charge is 0.320 e. The van der Waals surface area contributed by atoms with E-state index in [1.807, 2.05) is 53.2 Å². The molecule has 7 heteroatoms. The minimum absolute atomic E-state index is 0.0498. The molecule has 1 aromatic heterocycles. The van der Waals surface area contributed by atoms with E-state index in [-0.39, 0.29) is 11.6 Å². The maximum absolute atomic E-state index is 12.0. The van der Waals surface area contributed by atoms with Gasteiger partial charge < -0.3 is 4.57 Å². The highest BCUT2D eigenvalue weighted by Gasteiger charge is 2.08. The van der Waals surface area contributed by atoms with Crippen LogP contribution in [0.5, 0.6) is 0 Å². The molecule has 0 aliphatic carbocycles. The van der Waals surface area contributed by atoms with Crippen LogP contribution in [0.1, 0.15) is 11.3 Å². The number of hydrazine groups is 1. The Bertz CT molecular complexity index is 889. The molecule has 1 heterocycles. The molecule has 132 valence electrons. The predicted octanol–water partition coefficient (Wildman–Crippen LogP) is 2.75. The second kappa shape index (κ2) is 8.09. The molecule has 0 aliphatic rings. The Balaban J connectivity index is 1.57. The van der Waals surface area contributed by atoms with Gasteiger partial charge in [0.05, 0.1) is 17.9 Å². The molecular formula is C19H18N4O3. The fourth-order valence-electron chi connectivity index (χ4n) is 2.61. The van der Waals surface area contributed by atoms with Gasteiger partial charge in [0.2, 0.25) is 5.91 Å². The molecule has 0 fully saturated rings. The Morgan fingerprint density at radius 3 is 2.42 bits per heavy atom. The molecular weight excluding hydrogens is 332 g/mol. The highest BCUT2D eigenvalue weighted by atomic mass is 16.6. The summed E-state index contributed by atoms with van der Waals surface area (Å²) in [5.74, 6) is -0.121. The van der Waals surface area contributed by atoms with Crippen LogP contribution in [0.2, 0.25) is 0 Å². The van der Waals surface area contributed by atoms with Gasteiger partial charge in [-0.3, -0.25) is 20.3 Å². The van der Waals surface area contributed by atoms with Gasteiger partial charge in [0, 0.05) is 29.7 Å². The Kier molecular flexibility index (Phi) is 5.40. The minimum atomic E-state index is -0.426. The smallest absolute Gasteiger partial charge is 0.269 e. The topological polar surface area (TPSA) is 89.2 Å². The normalized spacial score (nSPS) is 10.5. The van der Waals surface area contributed by atoms with Crippen molar-refractivity contribution >= 4 is 11.6 Å². The summed E-state index contributed by atoms with van der Waals surface area (Å²) in [5, 5.41) is 10.8. The average Bonchev–Trinajstić information content (AvgIpc) is 3.11. The zero-order valence-electron chi connectivity index (χ0n) is 14.0. The first-order valence-electron chi connectivity index (χ1n) is 8.10. The summed E-state index contributed by atoms with van der Waals surface area (Å²) in [6.45, 7) is 0.421. The molecule has 0 atom stereocenters. The highest BCUT2D eigenvalue weighted by Crippen LogP contribution is 2.17. The number of amides is 1. The second-order valence-electron chi connectivity index (χ2n) is 5.71. The summed E-state index contributed by atoms with van der Waals surface area (Å²) >= 11 is 0. The summed E-state index contributed by atoms with van der Waals surface area (Å²) in [4.78, 5) is 22.3. The number of carbonyl (C=O) groups is 1. The fraction of sp³-hybridized carbons (Fsp3) is 0.105. The standard InChI is InChI=1S/C19H18N4O3/c24-19(13-15-5-2-1-3-6-15)21-20-14-18-7-4-12-22(18)16-8-10-17(11-9-16)23(25)26/h1-12,20H,13-14H2,(H,21,24).